The van der Waals surface area contributed by atoms with Crippen molar-refractivity contribution in [3.63, 3.8) is 0 Å². The van der Waals surface area contributed by atoms with Gasteiger partial charge in [0.25, 0.3) is 0 Å². The SMILES string of the molecule is CCCCCCCCCOc1ccc(-c2ncc(CCCCCCCCC)cn2)cc1.CCCCCCCCCc1cnc(-c2ccc(C)cc2)nc1.CCCCCCCCOc1ccc(-c2ccc(C(=O)Oc3ccc(CCCCC)cc3F)cc2)cc1.CCCCCCCCc1ccc(-c2ccc(C(=O)Oc3ccc(CCCCC)cc3F)cc2)cc1.Cc1ccc(-c2ccc(C(=O)Oc3ccc(C)cc3F)cc2)cc1. The minimum absolute atomic E-state index is 0.0285. The van der Waals surface area contributed by atoms with E-state index in [0.29, 0.717) is 16.7 Å². The molecule has 788 valence electrons. The highest BCUT2D eigenvalue weighted by Crippen LogP contribution is 2.32. The van der Waals surface area contributed by atoms with Gasteiger partial charge in [-0.2, -0.15) is 0 Å². The van der Waals surface area contributed by atoms with E-state index < -0.39 is 35.4 Å². The van der Waals surface area contributed by atoms with Crippen molar-refractivity contribution in [3.8, 4) is 84.9 Å². The number of esters is 3. The van der Waals surface area contributed by atoms with Crippen molar-refractivity contribution in [2.24, 2.45) is 0 Å². The third-order valence-electron chi connectivity index (χ3n) is 26.6. The van der Waals surface area contributed by atoms with Gasteiger partial charge in [0, 0.05) is 35.9 Å². The van der Waals surface area contributed by atoms with Crippen molar-refractivity contribution in [3.05, 3.63) is 352 Å². The van der Waals surface area contributed by atoms with Gasteiger partial charge in [0.05, 0.1) is 29.9 Å². The Kier molecular flexibility index (Phi) is 57.1. The van der Waals surface area contributed by atoms with Crippen LogP contribution in [0.1, 0.15) is 374 Å². The highest BCUT2D eigenvalue weighted by atomic mass is 19.1. The predicted octanol–water partition coefficient (Wildman–Crippen LogP) is 38.2. The van der Waals surface area contributed by atoms with Gasteiger partial charge in [0.15, 0.2) is 46.3 Å². The number of aryl methyl sites for hydroxylation is 8. The summed E-state index contributed by atoms with van der Waals surface area (Å²) < 4.78 is 70.1. The van der Waals surface area contributed by atoms with Crippen LogP contribution >= 0.6 is 0 Å². The van der Waals surface area contributed by atoms with E-state index in [-0.39, 0.29) is 17.2 Å². The molecule has 13 rings (SSSR count). The molecule has 12 nitrogen and oxygen atoms in total. The van der Waals surface area contributed by atoms with Crippen molar-refractivity contribution in [2.45, 2.75) is 352 Å². The van der Waals surface area contributed by atoms with Crippen LogP contribution in [0.25, 0.3) is 56.2 Å². The zero-order valence-corrected chi connectivity index (χ0v) is 90.7. The lowest BCUT2D eigenvalue weighted by atomic mass is 10.00. The van der Waals surface area contributed by atoms with Crippen molar-refractivity contribution < 1.29 is 51.2 Å². The summed E-state index contributed by atoms with van der Waals surface area (Å²) in [6, 6.07) is 77.0. The van der Waals surface area contributed by atoms with Crippen LogP contribution in [0.15, 0.2) is 274 Å². The number of hydrogen-bond acceptors (Lipinski definition) is 12. The highest BCUT2D eigenvalue weighted by molar-refractivity contribution is 5.93. The van der Waals surface area contributed by atoms with E-state index >= 15 is 0 Å². The molecule has 0 amide bonds. The monoisotopic (exact) mass is 2010 g/mol. The number of halogens is 3. The van der Waals surface area contributed by atoms with Gasteiger partial charge in [0.1, 0.15) is 11.5 Å². The number of ether oxygens (including phenoxy) is 5. The molecule has 148 heavy (non-hydrogen) atoms. The Labute approximate surface area is 885 Å². The maximum atomic E-state index is 14.4. The number of hydrogen-bond donors (Lipinski definition) is 0. The lowest BCUT2D eigenvalue weighted by Crippen LogP contribution is -2.09. The van der Waals surface area contributed by atoms with Gasteiger partial charge in [-0.1, -0.05) is 405 Å². The lowest BCUT2D eigenvalue weighted by Gasteiger charge is -2.09. The number of rotatable bonds is 59. The first-order valence-corrected chi connectivity index (χ1v) is 56.0. The molecular formula is C133H167F3N4O8. The number of carbonyl (C=O) groups is 3. The second-order valence-electron chi connectivity index (χ2n) is 39.4. The molecule has 2 aromatic heterocycles. The summed E-state index contributed by atoms with van der Waals surface area (Å²) in [5, 5.41) is 0. The molecule has 15 heteroatoms. The third-order valence-corrected chi connectivity index (χ3v) is 26.6. The minimum Gasteiger partial charge on any atom is -0.494 e. The number of carbonyl (C=O) groups excluding carboxylic acids is 3. The zero-order valence-electron chi connectivity index (χ0n) is 90.7. The Bertz CT molecular complexity index is 5820. The third kappa shape index (κ3) is 46.0. The summed E-state index contributed by atoms with van der Waals surface area (Å²) >= 11 is 0. The highest BCUT2D eigenvalue weighted by Gasteiger charge is 2.19. The van der Waals surface area contributed by atoms with Crippen LogP contribution in [0.5, 0.6) is 28.7 Å². The fourth-order valence-electron chi connectivity index (χ4n) is 17.3. The normalized spacial score (nSPS) is 10.8. The van der Waals surface area contributed by atoms with Crippen LogP contribution < -0.4 is 23.7 Å². The summed E-state index contributed by atoms with van der Waals surface area (Å²) in [6.45, 7) is 23.0. The minimum atomic E-state index is -0.576. The molecule has 0 aliphatic carbocycles. The van der Waals surface area contributed by atoms with Gasteiger partial charge in [-0.05, 0) is 274 Å². The van der Waals surface area contributed by atoms with Crippen LogP contribution in [0.2, 0.25) is 0 Å². The standard InChI is InChI=1S/C32H39FO3.C32H39FO2.C28H44N2O.C21H17FO2.C20H28N2/c1-3-5-7-8-9-11-23-35-29-20-18-27(19-21-29)26-14-16-28(17-15-26)32(34)36-31-22-13-25(24-30(31)33)12-10-6-4-2;1-3-5-7-8-9-11-12-25-14-17-27(18-15-25)28-19-21-29(22-20-28)32(34)35-31-23-16-26(24-30(31)33)13-10-6-4-2;1-3-5-7-9-11-13-15-17-25-23-29-28(30-24-25)26-18-20-27(21-19-26)31-22-16-14-12-10-8-6-4-2;1-14-3-6-16(7-4-14)17-8-10-18(11-9-17)21(23)24-20-12-5-15(2)13-19(20)22;1-3-4-5-6-7-8-9-10-18-15-21-20(22-16-18)19-13-11-17(2)12-14-19/h13-22,24H,3-12,23H2,1-2H3;14-24H,3-13H2,1-2H3;18-21,23-24H,3-17,22H2,1-2H3;3-13H,1-2H3;11-16H,3-10H2,1-2H3. The maximum Gasteiger partial charge on any atom is 0.343 e. The van der Waals surface area contributed by atoms with Gasteiger partial charge < -0.3 is 23.7 Å². The van der Waals surface area contributed by atoms with Gasteiger partial charge in [0.2, 0.25) is 0 Å². The largest absolute Gasteiger partial charge is 0.494 e. The van der Waals surface area contributed by atoms with Gasteiger partial charge in [-0.25, -0.2) is 47.5 Å². The van der Waals surface area contributed by atoms with Crippen molar-refractivity contribution in [2.75, 3.05) is 13.2 Å². The Morgan fingerprint density at radius 2 is 0.432 bits per heavy atom. The van der Waals surface area contributed by atoms with E-state index in [1.165, 1.54) is 251 Å². The quantitative estimate of drug-likeness (QED) is 0.0203. The van der Waals surface area contributed by atoms with Gasteiger partial charge >= 0.3 is 17.9 Å². The van der Waals surface area contributed by atoms with Crippen LogP contribution in [0, 0.1) is 38.2 Å². The molecule has 0 atom stereocenters. The van der Waals surface area contributed by atoms with E-state index in [9.17, 15) is 27.6 Å². The van der Waals surface area contributed by atoms with Crippen LogP contribution in [-0.4, -0.2) is 51.1 Å². The fourth-order valence-corrected chi connectivity index (χ4v) is 17.3. The van der Waals surface area contributed by atoms with Crippen LogP contribution in [-0.2, 0) is 32.1 Å². The van der Waals surface area contributed by atoms with Crippen molar-refractivity contribution in [1.29, 1.82) is 0 Å². The Morgan fingerprint density at radius 1 is 0.216 bits per heavy atom. The molecule has 0 unspecified atom stereocenters. The molecule has 0 fully saturated rings. The van der Waals surface area contributed by atoms with Crippen molar-refractivity contribution >= 4 is 17.9 Å². The first-order valence-electron chi connectivity index (χ1n) is 56.0. The molecule has 0 bridgehead atoms. The predicted molar refractivity (Wildman–Crippen MR) is 608 cm³/mol. The molecule has 0 aliphatic rings. The summed E-state index contributed by atoms with van der Waals surface area (Å²) in [6.07, 6.45) is 62.7. The Morgan fingerprint density at radius 3 is 0.736 bits per heavy atom. The molecule has 0 aliphatic heterocycles. The number of nitrogens with zero attached hydrogens (tertiary/aromatic N) is 4. The lowest BCUT2D eigenvalue weighted by molar-refractivity contribution is 0.0718. The molecule has 0 radical (unpaired) electrons. The zero-order chi connectivity index (χ0) is 105. The molecular weight excluding hydrogens is 1840 g/mol. The molecule has 0 saturated heterocycles. The second kappa shape index (κ2) is 71.1. The smallest absolute Gasteiger partial charge is 0.343 e. The molecule has 11 aromatic carbocycles. The molecule has 0 spiro atoms. The molecule has 13 aromatic rings. The summed E-state index contributed by atoms with van der Waals surface area (Å²) in [4.78, 5) is 55.4. The molecule has 2 heterocycles. The average Bonchev–Trinajstić information content (AvgIpc) is 0.834. The molecule has 0 N–H and O–H groups in total. The summed E-state index contributed by atoms with van der Waals surface area (Å²) in [5.74, 6) is 0.0422. The van der Waals surface area contributed by atoms with Gasteiger partial charge in [-0.3, -0.25) is 0 Å². The number of unbranched alkanes of at least 4 members (excludes halogenated alkanes) is 32. The van der Waals surface area contributed by atoms with E-state index in [2.05, 4.69) is 136 Å². The first kappa shape index (κ1) is 119. The second-order valence-corrected chi connectivity index (χ2v) is 39.4. The van der Waals surface area contributed by atoms with E-state index in [4.69, 9.17) is 23.7 Å². The topological polar surface area (TPSA) is 149 Å². The number of aromatic nitrogens is 4. The summed E-state index contributed by atoms with van der Waals surface area (Å²) in [7, 11) is 0. The van der Waals surface area contributed by atoms with Crippen LogP contribution in [0.4, 0.5) is 13.2 Å². The van der Waals surface area contributed by atoms with Crippen molar-refractivity contribution in [1.82, 2.24) is 19.9 Å². The Balaban J connectivity index is 0.000000208. The van der Waals surface area contributed by atoms with E-state index in [0.717, 1.165) is 181 Å². The summed E-state index contributed by atoms with van der Waals surface area (Å²) in [5.41, 5.74) is 18.5. The molecule has 0 saturated carbocycles. The Hall–Kier alpha value is -12.6. The fraction of sp³-hybridized carbons (Fsp3) is 0.421. The average molecular weight is 2010 g/mol. The van der Waals surface area contributed by atoms with Gasteiger partial charge in [-0.15, -0.1) is 0 Å². The first-order chi connectivity index (χ1) is 72.3. The van der Waals surface area contributed by atoms with Crippen LogP contribution in [0.3, 0.4) is 0 Å². The van der Waals surface area contributed by atoms with E-state index in [1.54, 1.807) is 61.5 Å². The van der Waals surface area contributed by atoms with E-state index in [1.807, 2.05) is 141 Å². The maximum absolute atomic E-state index is 14.4. The number of benzene rings is 11.